The lowest BCUT2D eigenvalue weighted by Crippen LogP contribution is -2.19. The van der Waals surface area contributed by atoms with Crippen LogP contribution in [-0.2, 0) is 4.74 Å². The van der Waals surface area contributed by atoms with Crippen molar-refractivity contribution in [3.63, 3.8) is 0 Å². The number of carbonyl (C=O) groups is 1. The molecule has 1 aromatic rings. The summed E-state index contributed by atoms with van der Waals surface area (Å²) < 4.78 is 5.36. The summed E-state index contributed by atoms with van der Waals surface area (Å²) >= 11 is 1.50. The van der Waals surface area contributed by atoms with E-state index in [1.54, 1.807) is 18.3 Å². The molecule has 1 aliphatic rings. The summed E-state index contributed by atoms with van der Waals surface area (Å²) in [5, 5.41) is 9.92. The van der Waals surface area contributed by atoms with Crippen LogP contribution in [0, 0.1) is 0 Å². The lowest BCUT2D eigenvalue weighted by molar-refractivity contribution is 0.0692. The largest absolute Gasteiger partial charge is 0.478 e. The van der Waals surface area contributed by atoms with Crippen LogP contribution in [0.2, 0.25) is 0 Å². The van der Waals surface area contributed by atoms with Crippen LogP contribution in [0.15, 0.2) is 23.4 Å². The van der Waals surface area contributed by atoms with Crippen LogP contribution in [0.5, 0.6) is 0 Å². The third kappa shape index (κ3) is 2.74. The summed E-state index contributed by atoms with van der Waals surface area (Å²) in [5.41, 5.74) is 0.276. The lowest BCUT2D eigenvalue weighted by Gasteiger charge is -2.21. The fraction of sp³-hybridized carbons (Fsp3) is 0.455. The maximum absolute atomic E-state index is 11.0. The predicted octanol–water partition coefficient (Wildman–Crippen LogP) is 2.05. The molecule has 1 saturated heterocycles. The van der Waals surface area contributed by atoms with E-state index in [0.717, 1.165) is 19.4 Å². The van der Waals surface area contributed by atoms with Gasteiger partial charge < -0.3 is 9.84 Å². The summed E-state index contributed by atoms with van der Waals surface area (Å²) in [5.74, 6) is -0.924. The molecule has 4 nitrogen and oxygen atoms in total. The van der Waals surface area contributed by atoms with Crippen LogP contribution in [0.3, 0.4) is 0 Å². The maximum atomic E-state index is 11.0. The number of aromatic carboxylic acids is 1. The van der Waals surface area contributed by atoms with Crippen molar-refractivity contribution in [1.29, 1.82) is 0 Å². The van der Waals surface area contributed by atoms with Crippen LogP contribution in [0.4, 0.5) is 0 Å². The number of rotatable bonds is 3. The second-order valence-electron chi connectivity index (χ2n) is 3.62. The fourth-order valence-corrected chi connectivity index (χ4v) is 2.78. The molecule has 1 atom stereocenters. The zero-order valence-electron chi connectivity index (χ0n) is 8.76. The van der Waals surface area contributed by atoms with Gasteiger partial charge in [-0.15, -0.1) is 0 Å². The van der Waals surface area contributed by atoms with Crippen molar-refractivity contribution in [2.24, 2.45) is 0 Å². The second kappa shape index (κ2) is 5.32. The van der Waals surface area contributed by atoms with Gasteiger partial charge in [-0.05, 0) is 25.0 Å². The normalized spacial score (nSPS) is 20.6. The third-order valence-corrected chi connectivity index (χ3v) is 3.65. The third-order valence-electron chi connectivity index (χ3n) is 2.40. The molecule has 2 heterocycles. The van der Waals surface area contributed by atoms with Crippen molar-refractivity contribution in [3.8, 4) is 0 Å². The van der Waals surface area contributed by atoms with E-state index < -0.39 is 5.97 Å². The van der Waals surface area contributed by atoms with Gasteiger partial charge in [-0.1, -0.05) is 11.8 Å². The van der Waals surface area contributed by atoms with Crippen molar-refractivity contribution in [2.75, 3.05) is 13.2 Å². The molecule has 1 N–H and O–H groups in total. The number of aromatic nitrogens is 1. The van der Waals surface area contributed by atoms with Gasteiger partial charge in [-0.3, -0.25) is 0 Å². The standard InChI is InChI=1S/C11H13NO3S/c13-11(14)9-4-1-5-12-10(9)16-8-3-2-6-15-7-8/h1,4-5,8H,2-3,6-7H2,(H,13,14). The zero-order valence-corrected chi connectivity index (χ0v) is 9.57. The summed E-state index contributed by atoms with van der Waals surface area (Å²) in [6.45, 7) is 1.49. The Kier molecular flexibility index (Phi) is 3.79. The van der Waals surface area contributed by atoms with Gasteiger partial charge in [0.1, 0.15) is 5.03 Å². The van der Waals surface area contributed by atoms with E-state index >= 15 is 0 Å². The SMILES string of the molecule is O=C(O)c1cccnc1SC1CCCOC1. The molecule has 16 heavy (non-hydrogen) atoms. The molecular formula is C11H13NO3S. The molecule has 1 aliphatic heterocycles. The Labute approximate surface area is 98.0 Å². The maximum Gasteiger partial charge on any atom is 0.338 e. The topological polar surface area (TPSA) is 59.4 Å². The molecule has 1 unspecified atom stereocenters. The molecule has 0 bridgehead atoms. The summed E-state index contributed by atoms with van der Waals surface area (Å²) in [4.78, 5) is 15.1. The summed E-state index contributed by atoms with van der Waals surface area (Å²) in [6.07, 6.45) is 3.71. The first-order valence-corrected chi connectivity index (χ1v) is 6.08. The van der Waals surface area contributed by atoms with Crippen molar-refractivity contribution >= 4 is 17.7 Å². The number of carboxylic acid groups (broad SMARTS) is 1. The molecule has 0 aromatic carbocycles. The molecule has 0 saturated carbocycles. The monoisotopic (exact) mass is 239 g/mol. The van der Waals surface area contributed by atoms with E-state index in [9.17, 15) is 4.79 Å². The van der Waals surface area contributed by atoms with E-state index in [1.165, 1.54) is 11.8 Å². The molecule has 0 amide bonds. The average Bonchev–Trinajstić information content (AvgIpc) is 2.31. The van der Waals surface area contributed by atoms with Gasteiger partial charge in [0.15, 0.2) is 0 Å². The predicted molar refractivity (Wildman–Crippen MR) is 60.9 cm³/mol. The van der Waals surface area contributed by atoms with Gasteiger partial charge in [0, 0.05) is 18.1 Å². The highest BCUT2D eigenvalue weighted by Crippen LogP contribution is 2.29. The van der Waals surface area contributed by atoms with Crippen molar-refractivity contribution in [2.45, 2.75) is 23.1 Å². The van der Waals surface area contributed by atoms with Crippen molar-refractivity contribution in [1.82, 2.24) is 4.98 Å². The van der Waals surface area contributed by atoms with Gasteiger partial charge in [0.25, 0.3) is 0 Å². The Bertz CT molecular complexity index is 377. The van der Waals surface area contributed by atoms with Crippen LogP contribution in [0.25, 0.3) is 0 Å². The zero-order chi connectivity index (χ0) is 11.4. The Morgan fingerprint density at radius 1 is 1.62 bits per heavy atom. The second-order valence-corrected chi connectivity index (χ2v) is 4.91. The summed E-state index contributed by atoms with van der Waals surface area (Å²) in [6, 6.07) is 3.23. The molecule has 5 heteroatoms. The molecule has 86 valence electrons. The molecular weight excluding hydrogens is 226 g/mol. The number of thioether (sulfide) groups is 1. The van der Waals surface area contributed by atoms with E-state index in [4.69, 9.17) is 9.84 Å². The molecule has 0 radical (unpaired) electrons. The minimum Gasteiger partial charge on any atom is -0.478 e. The van der Waals surface area contributed by atoms with Crippen LogP contribution in [-0.4, -0.2) is 34.5 Å². The number of hydrogen-bond acceptors (Lipinski definition) is 4. The molecule has 0 spiro atoms. The summed E-state index contributed by atoms with van der Waals surface area (Å²) in [7, 11) is 0. The minimum atomic E-state index is -0.924. The van der Waals surface area contributed by atoms with Crippen molar-refractivity contribution in [3.05, 3.63) is 23.9 Å². The number of nitrogens with zero attached hydrogens (tertiary/aromatic N) is 1. The number of hydrogen-bond donors (Lipinski definition) is 1. The van der Waals surface area contributed by atoms with Gasteiger partial charge >= 0.3 is 5.97 Å². The van der Waals surface area contributed by atoms with E-state index in [1.807, 2.05) is 0 Å². The van der Waals surface area contributed by atoms with Gasteiger partial charge in [0.2, 0.25) is 0 Å². The average molecular weight is 239 g/mol. The Balaban J connectivity index is 2.10. The van der Waals surface area contributed by atoms with Gasteiger partial charge in [0.05, 0.1) is 12.2 Å². The highest BCUT2D eigenvalue weighted by Gasteiger charge is 2.19. The lowest BCUT2D eigenvalue weighted by atomic mass is 10.2. The highest BCUT2D eigenvalue weighted by molar-refractivity contribution is 8.00. The van der Waals surface area contributed by atoms with Crippen LogP contribution >= 0.6 is 11.8 Å². The number of ether oxygens (including phenoxy) is 1. The van der Waals surface area contributed by atoms with Crippen LogP contribution in [0.1, 0.15) is 23.2 Å². The number of pyridine rings is 1. The molecule has 1 fully saturated rings. The molecule has 0 aliphatic carbocycles. The first-order chi connectivity index (χ1) is 7.77. The van der Waals surface area contributed by atoms with E-state index in [2.05, 4.69) is 4.98 Å². The van der Waals surface area contributed by atoms with E-state index in [-0.39, 0.29) is 5.56 Å². The Hall–Kier alpha value is -1.07. The minimum absolute atomic E-state index is 0.276. The van der Waals surface area contributed by atoms with Gasteiger partial charge in [-0.2, -0.15) is 0 Å². The molecule has 2 rings (SSSR count). The Morgan fingerprint density at radius 2 is 2.50 bits per heavy atom. The van der Waals surface area contributed by atoms with E-state index in [0.29, 0.717) is 16.9 Å². The first kappa shape index (κ1) is 11.4. The first-order valence-electron chi connectivity index (χ1n) is 5.20. The quantitative estimate of drug-likeness (QED) is 0.874. The highest BCUT2D eigenvalue weighted by atomic mass is 32.2. The Morgan fingerprint density at radius 3 is 3.19 bits per heavy atom. The molecule has 1 aromatic heterocycles. The number of carboxylic acids is 1. The smallest absolute Gasteiger partial charge is 0.338 e. The fourth-order valence-electron chi connectivity index (χ4n) is 1.61. The van der Waals surface area contributed by atoms with Crippen molar-refractivity contribution < 1.29 is 14.6 Å². The van der Waals surface area contributed by atoms with Gasteiger partial charge in [-0.25, -0.2) is 9.78 Å². The van der Waals surface area contributed by atoms with Crippen LogP contribution < -0.4 is 0 Å².